The zero-order chi connectivity index (χ0) is 24.0. The molecule has 0 aliphatic carbocycles. The Hall–Kier alpha value is -3.87. The summed E-state index contributed by atoms with van der Waals surface area (Å²) in [6, 6.07) is 20.4. The Balaban J connectivity index is 1.73. The van der Waals surface area contributed by atoms with Gasteiger partial charge in [-0.05, 0) is 49.2 Å². The van der Waals surface area contributed by atoms with Crippen LogP contribution in [0.25, 0.3) is 21.9 Å². The third-order valence-corrected chi connectivity index (χ3v) is 6.23. The summed E-state index contributed by atoms with van der Waals surface area (Å²) >= 11 is 0. The molecule has 0 saturated heterocycles. The van der Waals surface area contributed by atoms with Crippen LogP contribution in [0.4, 0.5) is 13.2 Å². The summed E-state index contributed by atoms with van der Waals surface area (Å²) in [5.74, 6) is 0. The van der Waals surface area contributed by atoms with Crippen molar-refractivity contribution in [2.75, 3.05) is 0 Å². The molecule has 172 valence electrons. The predicted octanol–water partition coefficient (Wildman–Crippen LogP) is 6.34. The van der Waals surface area contributed by atoms with Crippen LogP contribution < -0.4 is 5.56 Å². The molecule has 0 saturated carbocycles. The SMILES string of the molecule is Cc1ccc2c(c1)c1ncn(C(C)c3ccccc3)c(=O)c1n2Cc1cccc(C(F)(F)F)c1. The molecule has 0 bridgehead atoms. The number of aryl methyl sites for hydroxylation is 1. The smallest absolute Gasteiger partial charge is 0.330 e. The number of nitrogens with zero attached hydrogens (tertiary/aromatic N) is 3. The van der Waals surface area contributed by atoms with Gasteiger partial charge in [-0.2, -0.15) is 13.2 Å². The van der Waals surface area contributed by atoms with Gasteiger partial charge in [0, 0.05) is 11.9 Å². The predicted molar refractivity (Wildman–Crippen MR) is 127 cm³/mol. The van der Waals surface area contributed by atoms with E-state index in [2.05, 4.69) is 4.98 Å². The van der Waals surface area contributed by atoms with Crippen LogP contribution >= 0.6 is 0 Å². The van der Waals surface area contributed by atoms with Crippen molar-refractivity contribution in [3.8, 4) is 0 Å². The molecule has 5 rings (SSSR count). The average Bonchev–Trinajstić information content (AvgIpc) is 3.12. The zero-order valence-corrected chi connectivity index (χ0v) is 18.7. The molecule has 34 heavy (non-hydrogen) atoms. The van der Waals surface area contributed by atoms with Crippen molar-refractivity contribution >= 4 is 21.9 Å². The standard InChI is InChI=1S/C27H22F3N3O/c1-17-11-12-23-22(13-17)24-25(32(23)15-19-7-6-10-21(14-19)27(28,29)30)26(34)33(16-31-24)18(2)20-8-4-3-5-9-20/h3-14,16,18H,15H2,1-2H3. The first kappa shape index (κ1) is 21.9. The fourth-order valence-corrected chi connectivity index (χ4v) is 4.45. The molecule has 4 nitrogen and oxygen atoms in total. The van der Waals surface area contributed by atoms with Gasteiger partial charge in [0.05, 0.1) is 23.4 Å². The highest BCUT2D eigenvalue weighted by Gasteiger charge is 2.30. The Morgan fingerprint density at radius 1 is 0.971 bits per heavy atom. The molecule has 0 aliphatic rings. The highest BCUT2D eigenvalue weighted by atomic mass is 19.4. The molecule has 2 heterocycles. The molecule has 0 aliphatic heterocycles. The van der Waals surface area contributed by atoms with Crippen LogP contribution in [0.15, 0.2) is 83.9 Å². The topological polar surface area (TPSA) is 39.8 Å². The van der Waals surface area contributed by atoms with Gasteiger partial charge in [0.15, 0.2) is 0 Å². The van der Waals surface area contributed by atoms with Gasteiger partial charge in [-0.15, -0.1) is 0 Å². The Morgan fingerprint density at radius 2 is 1.74 bits per heavy atom. The minimum absolute atomic E-state index is 0.119. The molecule has 5 aromatic rings. The van der Waals surface area contributed by atoms with Gasteiger partial charge >= 0.3 is 6.18 Å². The number of hydrogen-bond acceptors (Lipinski definition) is 2. The Bertz CT molecular complexity index is 1570. The molecule has 2 aromatic heterocycles. The Labute approximate surface area is 193 Å². The van der Waals surface area contributed by atoms with E-state index in [1.165, 1.54) is 6.07 Å². The van der Waals surface area contributed by atoms with Gasteiger partial charge < -0.3 is 4.57 Å². The summed E-state index contributed by atoms with van der Waals surface area (Å²) in [7, 11) is 0. The van der Waals surface area contributed by atoms with E-state index < -0.39 is 11.7 Å². The van der Waals surface area contributed by atoms with E-state index in [0.29, 0.717) is 16.6 Å². The largest absolute Gasteiger partial charge is 0.416 e. The van der Waals surface area contributed by atoms with E-state index in [9.17, 15) is 18.0 Å². The highest BCUT2D eigenvalue weighted by Crippen LogP contribution is 2.31. The third-order valence-electron chi connectivity index (χ3n) is 6.23. The van der Waals surface area contributed by atoms with Crippen LogP contribution in [0.3, 0.4) is 0 Å². The number of halogens is 3. The molecule has 0 fully saturated rings. The average molecular weight is 461 g/mol. The third kappa shape index (κ3) is 3.77. The van der Waals surface area contributed by atoms with Crippen LogP contribution in [0, 0.1) is 6.92 Å². The van der Waals surface area contributed by atoms with Crippen molar-refractivity contribution in [2.24, 2.45) is 0 Å². The fourth-order valence-electron chi connectivity index (χ4n) is 4.45. The first-order valence-corrected chi connectivity index (χ1v) is 10.9. The first-order valence-electron chi connectivity index (χ1n) is 10.9. The Kier molecular flexibility index (Phi) is 5.27. The van der Waals surface area contributed by atoms with Crippen LogP contribution in [0.2, 0.25) is 0 Å². The molecule has 0 spiro atoms. The molecular weight excluding hydrogens is 439 g/mol. The quantitative estimate of drug-likeness (QED) is 0.314. The number of fused-ring (bicyclic) bond motifs is 3. The van der Waals surface area contributed by atoms with E-state index in [4.69, 9.17) is 0 Å². The van der Waals surface area contributed by atoms with Crippen LogP contribution in [0.1, 0.15) is 35.2 Å². The minimum Gasteiger partial charge on any atom is -0.330 e. The molecular formula is C27H22F3N3O. The molecule has 0 N–H and O–H groups in total. The van der Waals surface area contributed by atoms with Crippen molar-refractivity contribution in [2.45, 2.75) is 32.6 Å². The van der Waals surface area contributed by atoms with E-state index in [1.807, 2.05) is 62.4 Å². The number of alkyl halides is 3. The van der Waals surface area contributed by atoms with Crippen molar-refractivity contribution in [1.82, 2.24) is 14.1 Å². The summed E-state index contributed by atoms with van der Waals surface area (Å²) in [6.45, 7) is 4.00. The Morgan fingerprint density at radius 3 is 2.47 bits per heavy atom. The molecule has 7 heteroatoms. The van der Waals surface area contributed by atoms with E-state index in [1.54, 1.807) is 21.5 Å². The molecule has 0 amide bonds. The van der Waals surface area contributed by atoms with Crippen molar-refractivity contribution in [1.29, 1.82) is 0 Å². The monoisotopic (exact) mass is 461 g/mol. The molecule has 1 atom stereocenters. The number of hydrogen-bond donors (Lipinski definition) is 0. The second-order valence-corrected chi connectivity index (χ2v) is 8.55. The molecule has 3 aromatic carbocycles. The van der Waals surface area contributed by atoms with Crippen molar-refractivity contribution < 1.29 is 13.2 Å². The summed E-state index contributed by atoms with van der Waals surface area (Å²) in [5.41, 5.74) is 3.16. The summed E-state index contributed by atoms with van der Waals surface area (Å²) in [6.07, 6.45) is -2.88. The second-order valence-electron chi connectivity index (χ2n) is 8.55. The zero-order valence-electron chi connectivity index (χ0n) is 18.7. The summed E-state index contributed by atoms with van der Waals surface area (Å²) < 4.78 is 43.2. The van der Waals surface area contributed by atoms with Gasteiger partial charge in [0.1, 0.15) is 11.0 Å². The normalized spacial score (nSPS) is 13.0. The summed E-state index contributed by atoms with van der Waals surface area (Å²) in [4.78, 5) is 18.4. The number of benzene rings is 3. The lowest BCUT2D eigenvalue weighted by atomic mass is 10.1. The van der Waals surface area contributed by atoms with Crippen LogP contribution in [-0.2, 0) is 12.7 Å². The molecule has 0 radical (unpaired) electrons. The van der Waals surface area contributed by atoms with Gasteiger partial charge in [0.2, 0.25) is 0 Å². The van der Waals surface area contributed by atoms with Gasteiger partial charge in [0.25, 0.3) is 5.56 Å². The highest BCUT2D eigenvalue weighted by molar-refractivity contribution is 6.05. The van der Waals surface area contributed by atoms with E-state index >= 15 is 0 Å². The second kappa shape index (κ2) is 8.17. The lowest BCUT2D eigenvalue weighted by Crippen LogP contribution is -2.26. The van der Waals surface area contributed by atoms with Gasteiger partial charge in [-0.1, -0.05) is 54.1 Å². The maximum absolute atomic E-state index is 13.8. The molecule has 1 unspecified atom stereocenters. The maximum atomic E-state index is 13.8. The van der Waals surface area contributed by atoms with E-state index in [-0.39, 0.29) is 18.1 Å². The maximum Gasteiger partial charge on any atom is 0.416 e. The van der Waals surface area contributed by atoms with Gasteiger partial charge in [-0.25, -0.2) is 4.98 Å². The van der Waals surface area contributed by atoms with Crippen molar-refractivity contribution in [3.05, 3.63) is 112 Å². The fraction of sp³-hybridized carbons (Fsp3) is 0.185. The minimum atomic E-state index is -4.44. The number of rotatable bonds is 4. The van der Waals surface area contributed by atoms with Gasteiger partial charge in [-0.3, -0.25) is 9.36 Å². The lowest BCUT2D eigenvalue weighted by Gasteiger charge is -2.16. The van der Waals surface area contributed by atoms with Crippen LogP contribution in [-0.4, -0.2) is 14.1 Å². The van der Waals surface area contributed by atoms with Crippen molar-refractivity contribution in [3.63, 3.8) is 0 Å². The summed E-state index contributed by atoms with van der Waals surface area (Å²) in [5, 5.41) is 0.804. The van der Waals surface area contributed by atoms with E-state index in [0.717, 1.165) is 34.2 Å². The van der Waals surface area contributed by atoms with Crippen LogP contribution in [0.5, 0.6) is 0 Å². The lowest BCUT2D eigenvalue weighted by molar-refractivity contribution is -0.137. The number of aromatic nitrogens is 3. The first-order chi connectivity index (χ1) is 16.2.